The Kier molecular flexibility index (Phi) is 6.64. The molecule has 1 aliphatic heterocycles. The molecule has 2 aliphatic carbocycles. The molecular formula is C25H29NO5. The third-order valence-corrected chi connectivity index (χ3v) is 6.81. The normalized spacial score (nSPS) is 23.7. The molecular weight excluding hydrogens is 394 g/mol. The van der Waals surface area contributed by atoms with Gasteiger partial charge in [-0.05, 0) is 37.2 Å². The minimum Gasteiger partial charge on any atom is -0.457 e. The molecule has 0 radical (unpaired) electrons. The van der Waals surface area contributed by atoms with Crippen molar-refractivity contribution in [2.45, 2.75) is 57.3 Å². The molecule has 1 saturated carbocycles. The van der Waals surface area contributed by atoms with E-state index in [-0.39, 0.29) is 49.0 Å². The van der Waals surface area contributed by atoms with Crippen molar-refractivity contribution in [1.82, 2.24) is 4.90 Å². The molecule has 3 aliphatic rings. The Hall–Kier alpha value is -2.76. The number of hydrogen-bond donors (Lipinski definition) is 0. The number of benzene rings is 1. The van der Waals surface area contributed by atoms with Crippen molar-refractivity contribution in [2.75, 3.05) is 13.2 Å². The molecule has 6 nitrogen and oxygen atoms in total. The summed E-state index contributed by atoms with van der Waals surface area (Å²) in [5.41, 5.74) is 1.79. The molecule has 1 saturated heterocycles. The zero-order chi connectivity index (χ0) is 21.8. The number of likely N-dealkylation sites (tertiary alicyclic amines) is 1. The topological polar surface area (TPSA) is 80.8 Å². The second kappa shape index (κ2) is 9.58. The molecule has 1 heterocycles. The number of Topliss-reactive ketones (excluding diaryl/α,β-unsaturated/α-hetero) is 1. The first-order valence-corrected chi connectivity index (χ1v) is 11.3. The average Bonchev–Trinajstić information content (AvgIpc) is 3.06. The number of carbonyl (C=O) groups excluding carboxylic acids is 4. The zero-order valence-electron chi connectivity index (χ0n) is 17.8. The number of fused-ring (bicyclic) bond motifs is 1. The van der Waals surface area contributed by atoms with Crippen molar-refractivity contribution in [3.63, 3.8) is 0 Å². The van der Waals surface area contributed by atoms with Crippen molar-refractivity contribution in [1.29, 1.82) is 0 Å². The number of ketones is 1. The van der Waals surface area contributed by atoms with Crippen LogP contribution < -0.4 is 0 Å². The Labute approximate surface area is 182 Å². The summed E-state index contributed by atoms with van der Waals surface area (Å²) in [5, 5.41) is 0. The molecule has 0 unspecified atom stereocenters. The van der Waals surface area contributed by atoms with Gasteiger partial charge >= 0.3 is 5.97 Å². The van der Waals surface area contributed by atoms with Gasteiger partial charge in [0.1, 0.15) is 0 Å². The molecule has 1 aromatic carbocycles. The first-order valence-electron chi connectivity index (χ1n) is 11.3. The van der Waals surface area contributed by atoms with Crippen molar-refractivity contribution in [3.05, 3.63) is 47.5 Å². The number of allylic oxidation sites excluding steroid dienone is 2. The summed E-state index contributed by atoms with van der Waals surface area (Å²) in [4.78, 5) is 50.5. The van der Waals surface area contributed by atoms with Gasteiger partial charge in [0.2, 0.25) is 11.8 Å². The number of esters is 1. The Morgan fingerprint density at radius 3 is 2.13 bits per heavy atom. The van der Waals surface area contributed by atoms with Crippen molar-refractivity contribution >= 4 is 23.6 Å². The van der Waals surface area contributed by atoms with Crippen LogP contribution in [0, 0.1) is 11.8 Å². The van der Waals surface area contributed by atoms with Gasteiger partial charge in [0.05, 0.1) is 18.3 Å². The number of hydrogen-bond acceptors (Lipinski definition) is 5. The lowest BCUT2D eigenvalue weighted by atomic mass is 9.84. The summed E-state index contributed by atoms with van der Waals surface area (Å²) in [7, 11) is 0. The molecule has 1 aromatic rings. The molecule has 4 rings (SSSR count). The highest BCUT2D eigenvalue weighted by atomic mass is 16.5. The van der Waals surface area contributed by atoms with E-state index in [0.29, 0.717) is 24.3 Å². The van der Waals surface area contributed by atoms with Gasteiger partial charge in [-0.15, -0.1) is 0 Å². The highest BCUT2D eigenvalue weighted by molar-refractivity contribution is 6.05. The maximum Gasteiger partial charge on any atom is 0.308 e. The molecule has 2 amide bonds. The molecule has 2 fully saturated rings. The number of ether oxygens (including phenoxy) is 1. The monoisotopic (exact) mass is 423 g/mol. The predicted molar refractivity (Wildman–Crippen MR) is 114 cm³/mol. The van der Waals surface area contributed by atoms with Crippen LogP contribution in [0.5, 0.6) is 0 Å². The molecule has 0 bridgehead atoms. The van der Waals surface area contributed by atoms with Crippen molar-refractivity contribution in [3.8, 4) is 0 Å². The fourth-order valence-corrected chi connectivity index (χ4v) is 4.97. The van der Waals surface area contributed by atoms with Gasteiger partial charge in [0.25, 0.3) is 0 Å². The van der Waals surface area contributed by atoms with E-state index >= 15 is 0 Å². The van der Waals surface area contributed by atoms with Crippen LogP contribution in [-0.4, -0.2) is 41.6 Å². The summed E-state index contributed by atoms with van der Waals surface area (Å²) in [5.74, 6) is -1.28. The first-order chi connectivity index (χ1) is 15.0. The molecule has 31 heavy (non-hydrogen) atoms. The van der Waals surface area contributed by atoms with Gasteiger partial charge in [-0.3, -0.25) is 24.1 Å². The van der Waals surface area contributed by atoms with Crippen molar-refractivity contribution < 1.29 is 23.9 Å². The molecule has 0 spiro atoms. The zero-order valence-corrected chi connectivity index (χ0v) is 17.8. The van der Waals surface area contributed by atoms with Crippen LogP contribution in [0.4, 0.5) is 0 Å². The summed E-state index contributed by atoms with van der Waals surface area (Å²) in [6.07, 6.45) is 11.1. The van der Waals surface area contributed by atoms with Crippen LogP contribution in [-0.2, 0) is 19.1 Å². The van der Waals surface area contributed by atoms with Crippen LogP contribution in [0.1, 0.15) is 73.2 Å². The van der Waals surface area contributed by atoms with E-state index in [2.05, 4.69) is 0 Å². The van der Waals surface area contributed by atoms with Crippen LogP contribution in [0.15, 0.2) is 36.4 Å². The second-order valence-electron chi connectivity index (χ2n) is 8.77. The number of carbonyl (C=O) groups is 4. The highest BCUT2D eigenvalue weighted by Gasteiger charge is 2.46. The smallest absolute Gasteiger partial charge is 0.308 e. The fraction of sp³-hybridized carbons (Fsp3) is 0.520. The first kappa shape index (κ1) is 21.5. The van der Waals surface area contributed by atoms with Crippen LogP contribution in [0.25, 0.3) is 0 Å². The second-order valence-corrected chi connectivity index (χ2v) is 8.77. The maximum absolute atomic E-state index is 12.4. The lowest BCUT2D eigenvalue weighted by Gasteiger charge is -2.22. The van der Waals surface area contributed by atoms with E-state index in [1.807, 2.05) is 24.3 Å². The number of amides is 2. The lowest BCUT2D eigenvalue weighted by molar-refractivity contribution is -0.145. The third kappa shape index (κ3) is 4.78. The molecule has 0 aromatic heterocycles. The van der Waals surface area contributed by atoms with Gasteiger partial charge in [-0.25, -0.2) is 0 Å². The van der Waals surface area contributed by atoms with E-state index in [1.165, 1.54) is 42.6 Å². The third-order valence-electron chi connectivity index (χ3n) is 6.81. The van der Waals surface area contributed by atoms with Gasteiger partial charge in [-0.1, -0.05) is 55.7 Å². The van der Waals surface area contributed by atoms with E-state index in [4.69, 9.17) is 4.74 Å². The SMILES string of the molecule is O=C(CCN1C(=O)[C@@H]2CC=CC[C@H]2C1=O)OCC(=O)c1ccc(C2CCCCC2)cc1. The van der Waals surface area contributed by atoms with E-state index < -0.39 is 5.97 Å². The van der Waals surface area contributed by atoms with Gasteiger partial charge in [-0.2, -0.15) is 0 Å². The van der Waals surface area contributed by atoms with Crippen LogP contribution in [0.3, 0.4) is 0 Å². The molecule has 164 valence electrons. The van der Waals surface area contributed by atoms with Gasteiger partial charge in [0, 0.05) is 12.1 Å². The number of nitrogens with zero attached hydrogens (tertiary/aromatic N) is 1. The standard InChI is InChI=1S/C25H29NO5/c27-22(19-12-10-18(11-13-19)17-6-2-1-3-7-17)16-31-23(28)14-15-26-24(29)20-8-4-5-9-21(20)25(26)30/h4-5,10-13,17,20-21H,1-3,6-9,14-16H2/t20-,21-/m1/s1. The highest BCUT2D eigenvalue weighted by Crippen LogP contribution is 2.35. The van der Waals surface area contributed by atoms with Crippen molar-refractivity contribution in [2.24, 2.45) is 11.8 Å². The van der Waals surface area contributed by atoms with E-state index in [0.717, 1.165) is 0 Å². The predicted octanol–water partition coefficient (Wildman–Crippen LogP) is 3.80. The van der Waals surface area contributed by atoms with E-state index in [1.54, 1.807) is 12.1 Å². The van der Waals surface area contributed by atoms with Gasteiger partial charge in [0.15, 0.2) is 12.4 Å². The number of imide groups is 1. The summed E-state index contributed by atoms with van der Waals surface area (Å²) in [6.45, 7) is -0.327. The van der Waals surface area contributed by atoms with Crippen LogP contribution in [0.2, 0.25) is 0 Å². The average molecular weight is 424 g/mol. The van der Waals surface area contributed by atoms with E-state index in [9.17, 15) is 19.2 Å². The largest absolute Gasteiger partial charge is 0.457 e. The number of rotatable bonds is 7. The summed E-state index contributed by atoms with van der Waals surface area (Å²) >= 11 is 0. The Morgan fingerprint density at radius 2 is 1.52 bits per heavy atom. The molecule has 2 atom stereocenters. The maximum atomic E-state index is 12.4. The quantitative estimate of drug-likeness (QED) is 0.288. The Morgan fingerprint density at radius 1 is 0.903 bits per heavy atom. The lowest BCUT2D eigenvalue weighted by Crippen LogP contribution is -2.33. The summed E-state index contributed by atoms with van der Waals surface area (Å²) in [6, 6.07) is 7.61. The fourth-order valence-electron chi connectivity index (χ4n) is 4.97. The minimum atomic E-state index is -0.583. The Balaban J connectivity index is 1.23. The summed E-state index contributed by atoms with van der Waals surface area (Å²) < 4.78 is 5.10. The molecule has 0 N–H and O–H groups in total. The minimum absolute atomic E-state index is 0.00771. The Bertz CT molecular complexity index is 856. The molecule has 6 heteroatoms. The van der Waals surface area contributed by atoms with Crippen LogP contribution >= 0.6 is 0 Å². The van der Waals surface area contributed by atoms with Gasteiger partial charge < -0.3 is 4.74 Å².